The number of hydrogen-bond donors (Lipinski definition) is 1. The Kier molecular flexibility index (Phi) is 3.38. The molecule has 0 fully saturated rings. The van der Waals surface area contributed by atoms with Crippen LogP contribution in [0, 0.1) is 5.82 Å². The average molecular weight is 253 g/mol. The molecule has 2 aromatic rings. The summed E-state index contributed by atoms with van der Waals surface area (Å²) in [5, 5.41) is 16.5. The number of thioether (sulfide) groups is 1. The standard InChI is InChI=1S/C10H8FN3O2S/c11-7-1-3-8(4-2-7)14-6-12-13-10(14)17-5-9(15)16/h1-4,6H,5H2,(H,15,16). The zero-order valence-corrected chi connectivity index (χ0v) is 9.39. The number of rotatable bonds is 4. The fourth-order valence-corrected chi connectivity index (χ4v) is 1.88. The molecule has 1 N–H and O–H groups in total. The number of carboxylic acids is 1. The van der Waals surface area contributed by atoms with Crippen molar-refractivity contribution in [3.05, 3.63) is 36.4 Å². The molecule has 0 spiro atoms. The first-order valence-corrected chi connectivity index (χ1v) is 5.66. The molecule has 0 unspecified atom stereocenters. The van der Waals surface area contributed by atoms with E-state index in [1.165, 1.54) is 18.5 Å². The lowest BCUT2D eigenvalue weighted by Crippen LogP contribution is -2.01. The minimum atomic E-state index is -0.927. The molecule has 0 saturated heterocycles. The molecule has 1 aromatic carbocycles. The summed E-state index contributed by atoms with van der Waals surface area (Å²) >= 11 is 1.06. The number of carboxylic acid groups (broad SMARTS) is 1. The number of carbonyl (C=O) groups is 1. The van der Waals surface area contributed by atoms with Crippen molar-refractivity contribution in [3.63, 3.8) is 0 Å². The number of aromatic nitrogens is 3. The van der Waals surface area contributed by atoms with Crippen molar-refractivity contribution in [3.8, 4) is 5.69 Å². The molecular weight excluding hydrogens is 245 g/mol. The van der Waals surface area contributed by atoms with Crippen molar-refractivity contribution in [1.82, 2.24) is 14.8 Å². The largest absolute Gasteiger partial charge is 0.481 e. The summed E-state index contributed by atoms with van der Waals surface area (Å²) in [5.41, 5.74) is 0.685. The predicted octanol–water partition coefficient (Wildman–Crippen LogP) is 1.58. The number of hydrogen-bond acceptors (Lipinski definition) is 4. The second-order valence-corrected chi connectivity index (χ2v) is 4.08. The fourth-order valence-electron chi connectivity index (χ4n) is 1.23. The highest BCUT2D eigenvalue weighted by molar-refractivity contribution is 7.99. The van der Waals surface area contributed by atoms with Gasteiger partial charge in [0, 0.05) is 5.69 Å². The number of aliphatic carboxylic acids is 1. The van der Waals surface area contributed by atoms with E-state index in [-0.39, 0.29) is 11.6 Å². The zero-order chi connectivity index (χ0) is 12.3. The van der Waals surface area contributed by atoms with Crippen LogP contribution in [0.4, 0.5) is 4.39 Å². The fraction of sp³-hybridized carbons (Fsp3) is 0.100. The first kappa shape index (κ1) is 11.6. The van der Waals surface area contributed by atoms with E-state index < -0.39 is 5.97 Å². The van der Waals surface area contributed by atoms with Gasteiger partial charge in [-0.25, -0.2) is 4.39 Å². The third kappa shape index (κ3) is 2.82. The molecule has 1 aromatic heterocycles. The van der Waals surface area contributed by atoms with Crippen LogP contribution < -0.4 is 0 Å². The molecule has 88 valence electrons. The Bertz CT molecular complexity index is 527. The molecular formula is C10H8FN3O2S. The monoisotopic (exact) mass is 253 g/mol. The molecule has 1 heterocycles. The van der Waals surface area contributed by atoms with Crippen LogP contribution in [0.2, 0.25) is 0 Å². The molecule has 0 aliphatic heterocycles. The van der Waals surface area contributed by atoms with Crippen molar-refractivity contribution in [1.29, 1.82) is 0 Å². The van der Waals surface area contributed by atoms with Gasteiger partial charge in [-0.2, -0.15) is 0 Å². The van der Waals surface area contributed by atoms with Gasteiger partial charge in [-0.1, -0.05) is 11.8 Å². The van der Waals surface area contributed by atoms with Crippen LogP contribution in [0.25, 0.3) is 5.69 Å². The molecule has 17 heavy (non-hydrogen) atoms. The highest BCUT2D eigenvalue weighted by atomic mass is 32.2. The summed E-state index contributed by atoms with van der Waals surface area (Å²) in [7, 11) is 0. The zero-order valence-electron chi connectivity index (χ0n) is 8.58. The van der Waals surface area contributed by atoms with Gasteiger partial charge in [0.05, 0.1) is 5.75 Å². The van der Waals surface area contributed by atoms with E-state index in [2.05, 4.69) is 10.2 Å². The molecule has 2 rings (SSSR count). The van der Waals surface area contributed by atoms with Gasteiger partial charge in [-0.15, -0.1) is 10.2 Å². The molecule has 0 saturated carbocycles. The van der Waals surface area contributed by atoms with Crippen LogP contribution in [0.3, 0.4) is 0 Å². The first-order valence-electron chi connectivity index (χ1n) is 4.67. The highest BCUT2D eigenvalue weighted by Gasteiger charge is 2.09. The van der Waals surface area contributed by atoms with Gasteiger partial charge < -0.3 is 5.11 Å². The van der Waals surface area contributed by atoms with Crippen LogP contribution in [0.1, 0.15) is 0 Å². The van der Waals surface area contributed by atoms with Gasteiger partial charge in [0.15, 0.2) is 5.16 Å². The summed E-state index contributed by atoms with van der Waals surface area (Å²) in [5.74, 6) is -1.36. The van der Waals surface area contributed by atoms with E-state index in [0.717, 1.165) is 11.8 Å². The van der Waals surface area contributed by atoms with E-state index in [0.29, 0.717) is 10.8 Å². The lowest BCUT2D eigenvalue weighted by Gasteiger charge is -2.04. The summed E-state index contributed by atoms with van der Waals surface area (Å²) in [4.78, 5) is 10.5. The Morgan fingerprint density at radius 2 is 2.12 bits per heavy atom. The first-order chi connectivity index (χ1) is 8.16. The minimum Gasteiger partial charge on any atom is -0.481 e. The maximum atomic E-state index is 12.8. The minimum absolute atomic E-state index is 0.0973. The Balaban J connectivity index is 2.24. The van der Waals surface area contributed by atoms with E-state index >= 15 is 0 Å². The summed E-state index contributed by atoms with van der Waals surface area (Å²) in [6.45, 7) is 0. The Labute approximate surface area is 100 Å². The summed E-state index contributed by atoms with van der Waals surface area (Å²) < 4.78 is 14.4. The van der Waals surface area contributed by atoms with Gasteiger partial charge in [-0.3, -0.25) is 9.36 Å². The van der Waals surface area contributed by atoms with Crippen molar-refractivity contribution in [2.75, 3.05) is 5.75 Å². The van der Waals surface area contributed by atoms with Crippen LogP contribution in [0.5, 0.6) is 0 Å². The van der Waals surface area contributed by atoms with Crippen LogP contribution in [-0.4, -0.2) is 31.6 Å². The van der Waals surface area contributed by atoms with Gasteiger partial charge >= 0.3 is 5.97 Å². The van der Waals surface area contributed by atoms with Gasteiger partial charge in [0.2, 0.25) is 0 Å². The van der Waals surface area contributed by atoms with Crippen LogP contribution >= 0.6 is 11.8 Å². The van der Waals surface area contributed by atoms with Gasteiger partial charge in [0.25, 0.3) is 0 Å². The number of benzene rings is 1. The predicted molar refractivity (Wildman–Crippen MR) is 59.7 cm³/mol. The highest BCUT2D eigenvalue weighted by Crippen LogP contribution is 2.19. The molecule has 5 nitrogen and oxygen atoms in total. The molecule has 0 aliphatic rings. The molecule has 7 heteroatoms. The maximum Gasteiger partial charge on any atom is 0.313 e. The van der Waals surface area contributed by atoms with E-state index in [1.807, 2.05) is 0 Å². The van der Waals surface area contributed by atoms with Gasteiger partial charge in [0.1, 0.15) is 12.1 Å². The van der Waals surface area contributed by atoms with Crippen molar-refractivity contribution in [2.24, 2.45) is 0 Å². The molecule has 0 aliphatic carbocycles. The molecule has 0 amide bonds. The van der Waals surface area contributed by atoms with E-state index in [1.54, 1.807) is 16.7 Å². The van der Waals surface area contributed by atoms with E-state index in [9.17, 15) is 9.18 Å². The Morgan fingerprint density at radius 1 is 1.41 bits per heavy atom. The SMILES string of the molecule is O=C(O)CSc1nncn1-c1ccc(F)cc1. The maximum absolute atomic E-state index is 12.8. The lowest BCUT2D eigenvalue weighted by atomic mass is 10.3. The van der Waals surface area contributed by atoms with E-state index in [4.69, 9.17) is 5.11 Å². The number of halogens is 1. The smallest absolute Gasteiger partial charge is 0.313 e. The van der Waals surface area contributed by atoms with Crippen LogP contribution in [0.15, 0.2) is 35.7 Å². The Morgan fingerprint density at radius 3 is 2.76 bits per heavy atom. The second kappa shape index (κ2) is 4.96. The van der Waals surface area contributed by atoms with Crippen molar-refractivity contribution < 1.29 is 14.3 Å². The van der Waals surface area contributed by atoms with Crippen molar-refractivity contribution >= 4 is 17.7 Å². The Hall–Kier alpha value is -1.89. The quantitative estimate of drug-likeness (QED) is 0.838. The molecule has 0 atom stereocenters. The third-order valence-corrected chi connectivity index (χ3v) is 2.87. The molecule has 0 radical (unpaired) electrons. The number of nitrogens with zero attached hydrogens (tertiary/aromatic N) is 3. The normalized spacial score (nSPS) is 10.4. The molecule has 0 bridgehead atoms. The van der Waals surface area contributed by atoms with Crippen LogP contribution in [-0.2, 0) is 4.79 Å². The third-order valence-electron chi connectivity index (χ3n) is 1.95. The van der Waals surface area contributed by atoms with Gasteiger partial charge in [-0.05, 0) is 24.3 Å². The lowest BCUT2D eigenvalue weighted by molar-refractivity contribution is -0.133. The second-order valence-electron chi connectivity index (χ2n) is 3.14. The summed E-state index contributed by atoms with van der Waals surface area (Å²) in [6, 6.07) is 5.79. The summed E-state index contributed by atoms with van der Waals surface area (Å²) in [6.07, 6.45) is 1.46. The average Bonchev–Trinajstić information content (AvgIpc) is 2.75. The van der Waals surface area contributed by atoms with Crippen molar-refractivity contribution in [2.45, 2.75) is 5.16 Å². The topological polar surface area (TPSA) is 68.0 Å².